The van der Waals surface area contributed by atoms with Gasteiger partial charge in [-0.05, 0) is 32.6 Å². The summed E-state index contributed by atoms with van der Waals surface area (Å²) in [5.74, 6) is -3.34. The van der Waals surface area contributed by atoms with Gasteiger partial charge in [0.2, 0.25) is 0 Å². The zero-order chi connectivity index (χ0) is 30.9. The van der Waals surface area contributed by atoms with Crippen LogP contribution in [0, 0.1) is 0 Å². The van der Waals surface area contributed by atoms with E-state index in [-0.39, 0.29) is 25.8 Å². The number of hydrogen-bond acceptors (Lipinski definition) is 3. The predicted octanol–water partition coefficient (Wildman–Crippen LogP) is 8.99. The van der Waals surface area contributed by atoms with Gasteiger partial charge in [-0.1, -0.05) is 123 Å². The monoisotopic (exact) mass is 582 g/mol. The molecule has 0 aromatic carbocycles. The van der Waals surface area contributed by atoms with Crippen LogP contribution in [0.1, 0.15) is 163 Å². The standard InChI is InChI=1S/C34H63NO6/c1-5-9-10-11-12-13-14-15-16-17-18-19-20-21-22-23-24-25-26-27-28-35(29(6-2)32(36)37,30(7-3)33(38)39)31(8-4)34(40)41/h5,9,29-31H,6-8,10-28H2,1-4H3,(H2-,36,37,38,39,40,41)/p+1/b9-5+. The highest BCUT2D eigenvalue weighted by molar-refractivity contribution is 5.78. The largest absolute Gasteiger partial charge is 0.477 e. The van der Waals surface area contributed by atoms with Crippen LogP contribution in [0.15, 0.2) is 12.2 Å². The first kappa shape index (κ1) is 39.1. The van der Waals surface area contributed by atoms with Gasteiger partial charge in [0.1, 0.15) is 0 Å². The minimum atomic E-state index is -1.11. The van der Waals surface area contributed by atoms with Crippen LogP contribution in [0.2, 0.25) is 0 Å². The van der Waals surface area contributed by atoms with Gasteiger partial charge >= 0.3 is 17.9 Å². The number of allylic oxidation sites excluding steroid dienone is 2. The molecule has 3 N–H and O–H groups in total. The van der Waals surface area contributed by atoms with Gasteiger partial charge in [-0.3, -0.25) is 4.48 Å². The maximum atomic E-state index is 12.3. The van der Waals surface area contributed by atoms with Gasteiger partial charge in [-0.2, -0.15) is 0 Å². The Hall–Kier alpha value is -1.89. The van der Waals surface area contributed by atoms with Crippen molar-refractivity contribution in [2.45, 2.75) is 181 Å². The Labute approximate surface area is 251 Å². The second-order valence-corrected chi connectivity index (χ2v) is 11.9. The number of unbranched alkanes of at least 4 members (excludes halogenated alkanes) is 17. The molecule has 0 saturated carbocycles. The summed E-state index contributed by atoms with van der Waals surface area (Å²) in [6.07, 6.45) is 27.1. The number of quaternary nitrogens is 1. The van der Waals surface area contributed by atoms with E-state index in [1.54, 1.807) is 20.8 Å². The maximum Gasteiger partial charge on any atom is 0.362 e. The first-order chi connectivity index (χ1) is 19.7. The van der Waals surface area contributed by atoms with E-state index in [1.165, 1.54) is 89.9 Å². The Morgan fingerprint density at radius 2 is 0.780 bits per heavy atom. The van der Waals surface area contributed by atoms with E-state index in [1.807, 2.05) is 0 Å². The van der Waals surface area contributed by atoms with Crippen LogP contribution in [0.4, 0.5) is 0 Å². The average Bonchev–Trinajstić information content (AvgIpc) is 2.92. The summed E-state index contributed by atoms with van der Waals surface area (Å²) in [5.41, 5.74) is 0. The first-order valence-corrected chi connectivity index (χ1v) is 16.9. The average molecular weight is 583 g/mol. The molecule has 0 radical (unpaired) electrons. The predicted molar refractivity (Wildman–Crippen MR) is 168 cm³/mol. The molecule has 0 spiro atoms. The maximum absolute atomic E-state index is 12.3. The number of nitrogens with zero attached hydrogens (tertiary/aromatic N) is 1. The van der Waals surface area contributed by atoms with Gasteiger partial charge in [-0.25, -0.2) is 14.4 Å². The zero-order valence-corrected chi connectivity index (χ0v) is 27.0. The van der Waals surface area contributed by atoms with Gasteiger partial charge in [0.15, 0.2) is 18.1 Å². The van der Waals surface area contributed by atoms with Crippen LogP contribution in [0.3, 0.4) is 0 Å². The number of hydrogen-bond donors (Lipinski definition) is 3. The normalized spacial score (nSPS) is 15.4. The second kappa shape index (κ2) is 24.7. The fourth-order valence-electron chi connectivity index (χ4n) is 6.75. The smallest absolute Gasteiger partial charge is 0.362 e. The molecule has 7 heteroatoms. The quantitative estimate of drug-likeness (QED) is 0.0461. The number of carboxylic acid groups (broad SMARTS) is 3. The summed E-state index contributed by atoms with van der Waals surface area (Å²) in [4.78, 5) is 36.8. The third-order valence-corrected chi connectivity index (χ3v) is 8.91. The topological polar surface area (TPSA) is 112 Å². The van der Waals surface area contributed by atoms with Crippen LogP contribution < -0.4 is 0 Å². The second-order valence-electron chi connectivity index (χ2n) is 11.9. The molecule has 0 aromatic rings. The molecule has 0 aliphatic rings. The van der Waals surface area contributed by atoms with Crippen molar-refractivity contribution in [2.24, 2.45) is 0 Å². The summed E-state index contributed by atoms with van der Waals surface area (Å²) in [6, 6.07) is -3.18. The molecule has 7 nitrogen and oxygen atoms in total. The van der Waals surface area contributed by atoms with Crippen molar-refractivity contribution >= 4 is 17.9 Å². The lowest BCUT2D eigenvalue weighted by Gasteiger charge is -2.49. The molecule has 0 aromatic heterocycles. The molecule has 0 saturated heterocycles. The fourth-order valence-corrected chi connectivity index (χ4v) is 6.75. The molecule has 3 unspecified atom stereocenters. The molecule has 3 atom stereocenters. The Morgan fingerprint density at radius 3 is 1.02 bits per heavy atom. The first-order valence-electron chi connectivity index (χ1n) is 16.9. The molecule has 0 heterocycles. The Balaban J connectivity index is 4.38. The molecule has 0 rings (SSSR count). The molecule has 0 aliphatic heterocycles. The molecule has 41 heavy (non-hydrogen) atoms. The van der Waals surface area contributed by atoms with E-state index in [0.717, 1.165) is 19.3 Å². The number of aliphatic carboxylic acids is 3. The molecule has 0 fully saturated rings. The minimum absolute atomic E-state index is 0.195. The number of carboxylic acids is 3. The lowest BCUT2D eigenvalue weighted by molar-refractivity contribution is -0.973. The summed E-state index contributed by atoms with van der Waals surface area (Å²) >= 11 is 0. The summed E-state index contributed by atoms with van der Waals surface area (Å²) in [5, 5.41) is 30.1. The van der Waals surface area contributed by atoms with Crippen molar-refractivity contribution in [3.8, 4) is 0 Å². The summed E-state index contributed by atoms with van der Waals surface area (Å²) < 4.78 is -0.402. The molecule has 240 valence electrons. The van der Waals surface area contributed by atoms with Gasteiger partial charge < -0.3 is 15.3 Å². The minimum Gasteiger partial charge on any atom is -0.477 e. The molecule has 0 amide bonds. The van der Waals surface area contributed by atoms with E-state index >= 15 is 0 Å². The van der Waals surface area contributed by atoms with Crippen molar-refractivity contribution in [3.05, 3.63) is 12.2 Å². The van der Waals surface area contributed by atoms with Gasteiger partial charge in [-0.15, -0.1) is 0 Å². The van der Waals surface area contributed by atoms with Gasteiger partial charge in [0.25, 0.3) is 0 Å². The van der Waals surface area contributed by atoms with Crippen LogP contribution in [-0.2, 0) is 14.4 Å². The third-order valence-electron chi connectivity index (χ3n) is 8.91. The van der Waals surface area contributed by atoms with Crippen molar-refractivity contribution in [2.75, 3.05) is 6.54 Å². The zero-order valence-electron chi connectivity index (χ0n) is 27.0. The van der Waals surface area contributed by atoms with E-state index in [4.69, 9.17) is 0 Å². The third kappa shape index (κ3) is 15.2. The summed E-state index contributed by atoms with van der Waals surface area (Å²) in [6.45, 7) is 7.49. The van der Waals surface area contributed by atoms with Crippen LogP contribution >= 0.6 is 0 Å². The van der Waals surface area contributed by atoms with Gasteiger partial charge in [0.05, 0.1) is 6.54 Å². The Bertz CT molecular complexity index is 667. The van der Waals surface area contributed by atoms with Crippen molar-refractivity contribution < 1.29 is 34.2 Å². The van der Waals surface area contributed by atoms with E-state index in [2.05, 4.69) is 19.1 Å². The highest BCUT2D eigenvalue weighted by Gasteiger charge is 2.55. The lowest BCUT2D eigenvalue weighted by atomic mass is 9.93. The molecule has 0 bridgehead atoms. The van der Waals surface area contributed by atoms with Crippen molar-refractivity contribution in [1.82, 2.24) is 0 Å². The SMILES string of the molecule is C/C=C/CCCCCCCCCCCCCCCCCCC[N+](C(CC)C(=O)O)(C(CC)C(=O)O)C(CC)C(=O)O. The summed E-state index contributed by atoms with van der Waals surface area (Å²) in [7, 11) is 0. The molecule has 0 aliphatic carbocycles. The van der Waals surface area contributed by atoms with Crippen LogP contribution in [-0.4, -0.2) is 62.4 Å². The Kier molecular flexibility index (Phi) is 23.5. The van der Waals surface area contributed by atoms with E-state index in [9.17, 15) is 29.7 Å². The van der Waals surface area contributed by atoms with E-state index in [0.29, 0.717) is 6.42 Å². The van der Waals surface area contributed by atoms with E-state index < -0.39 is 40.5 Å². The van der Waals surface area contributed by atoms with Gasteiger partial charge in [0, 0.05) is 19.3 Å². The Morgan fingerprint density at radius 1 is 0.512 bits per heavy atom. The number of carbonyl (C=O) groups is 3. The van der Waals surface area contributed by atoms with Crippen LogP contribution in [0.5, 0.6) is 0 Å². The van der Waals surface area contributed by atoms with Crippen molar-refractivity contribution in [3.63, 3.8) is 0 Å². The lowest BCUT2D eigenvalue weighted by Crippen LogP contribution is -2.72. The van der Waals surface area contributed by atoms with Crippen molar-refractivity contribution in [1.29, 1.82) is 0 Å². The highest BCUT2D eigenvalue weighted by atomic mass is 16.4. The molecular formula is C34H64NO6+. The molecular weight excluding hydrogens is 518 g/mol. The highest BCUT2D eigenvalue weighted by Crippen LogP contribution is 2.32. The number of rotatable bonds is 29. The fraction of sp³-hybridized carbons (Fsp3) is 0.853. The van der Waals surface area contributed by atoms with Crippen LogP contribution in [0.25, 0.3) is 0 Å².